The van der Waals surface area contributed by atoms with Gasteiger partial charge in [-0.3, -0.25) is 0 Å². The lowest BCUT2D eigenvalue weighted by atomic mass is 10.2. The molecule has 1 N–H and O–H groups in total. The molecule has 0 amide bonds. The molecule has 0 aliphatic carbocycles. The van der Waals surface area contributed by atoms with Crippen LogP contribution in [0.2, 0.25) is 10.0 Å². The zero-order chi connectivity index (χ0) is 10.4. The number of benzene rings is 1. The fraction of sp³-hybridized carbons (Fsp3) is 0.400. The minimum absolute atomic E-state index is 0.459. The first-order valence-corrected chi connectivity index (χ1v) is 5.16. The molecule has 1 aromatic carbocycles. The SMILES string of the molecule is CNCCOCc1c(Cl)cccc1Cl. The van der Waals surface area contributed by atoms with Crippen LogP contribution in [0.5, 0.6) is 0 Å². The average molecular weight is 234 g/mol. The van der Waals surface area contributed by atoms with E-state index in [0.29, 0.717) is 23.3 Å². The first kappa shape index (κ1) is 11.8. The van der Waals surface area contributed by atoms with Gasteiger partial charge in [-0.1, -0.05) is 29.3 Å². The van der Waals surface area contributed by atoms with Gasteiger partial charge in [0.15, 0.2) is 0 Å². The second-order valence-corrected chi connectivity index (χ2v) is 3.67. The van der Waals surface area contributed by atoms with Gasteiger partial charge in [0.1, 0.15) is 0 Å². The second kappa shape index (κ2) is 6.25. The summed E-state index contributed by atoms with van der Waals surface area (Å²) in [4.78, 5) is 0. The van der Waals surface area contributed by atoms with Crippen LogP contribution in [-0.4, -0.2) is 20.2 Å². The quantitative estimate of drug-likeness (QED) is 0.791. The lowest BCUT2D eigenvalue weighted by Gasteiger charge is -2.07. The lowest BCUT2D eigenvalue weighted by Crippen LogP contribution is -2.14. The number of hydrogen-bond donors (Lipinski definition) is 1. The number of halogens is 2. The highest BCUT2D eigenvalue weighted by atomic mass is 35.5. The smallest absolute Gasteiger partial charge is 0.0746 e. The largest absolute Gasteiger partial charge is 0.375 e. The molecule has 1 aromatic rings. The number of rotatable bonds is 5. The fourth-order valence-electron chi connectivity index (χ4n) is 1.02. The van der Waals surface area contributed by atoms with Crippen molar-refractivity contribution in [3.05, 3.63) is 33.8 Å². The second-order valence-electron chi connectivity index (χ2n) is 2.86. The molecule has 1 rings (SSSR count). The highest BCUT2D eigenvalue weighted by Crippen LogP contribution is 2.24. The van der Waals surface area contributed by atoms with Gasteiger partial charge in [-0.05, 0) is 19.2 Å². The zero-order valence-corrected chi connectivity index (χ0v) is 9.53. The van der Waals surface area contributed by atoms with Crippen LogP contribution >= 0.6 is 23.2 Å². The van der Waals surface area contributed by atoms with Crippen LogP contribution < -0.4 is 5.32 Å². The third-order valence-corrected chi connectivity index (χ3v) is 2.51. The van der Waals surface area contributed by atoms with E-state index in [1.807, 2.05) is 25.2 Å². The van der Waals surface area contributed by atoms with E-state index in [9.17, 15) is 0 Å². The van der Waals surface area contributed by atoms with Crippen molar-refractivity contribution in [2.24, 2.45) is 0 Å². The molecule has 0 aromatic heterocycles. The molecule has 0 heterocycles. The summed E-state index contributed by atoms with van der Waals surface area (Å²) < 4.78 is 5.39. The standard InChI is InChI=1S/C10H13Cl2NO/c1-13-5-6-14-7-8-9(11)3-2-4-10(8)12/h2-4,13H,5-7H2,1H3. The summed E-state index contributed by atoms with van der Waals surface area (Å²) in [6, 6.07) is 5.44. The molecule has 0 atom stereocenters. The zero-order valence-electron chi connectivity index (χ0n) is 8.02. The lowest BCUT2D eigenvalue weighted by molar-refractivity contribution is 0.124. The van der Waals surface area contributed by atoms with Gasteiger partial charge in [0.2, 0.25) is 0 Å². The Morgan fingerprint density at radius 3 is 2.50 bits per heavy atom. The molecule has 0 spiro atoms. The van der Waals surface area contributed by atoms with E-state index in [1.54, 1.807) is 0 Å². The normalized spacial score (nSPS) is 10.5. The molecule has 0 fully saturated rings. The summed E-state index contributed by atoms with van der Waals surface area (Å²) in [5.74, 6) is 0. The Hall–Kier alpha value is -0.280. The summed E-state index contributed by atoms with van der Waals surface area (Å²) in [5, 5.41) is 4.30. The van der Waals surface area contributed by atoms with Crippen LogP contribution in [0.25, 0.3) is 0 Å². The van der Waals surface area contributed by atoms with Gasteiger partial charge in [-0.15, -0.1) is 0 Å². The molecule has 0 aliphatic heterocycles. The molecule has 14 heavy (non-hydrogen) atoms. The van der Waals surface area contributed by atoms with Crippen molar-refractivity contribution in [2.45, 2.75) is 6.61 Å². The Kier molecular flexibility index (Phi) is 5.26. The molecule has 0 bridgehead atoms. The third-order valence-electron chi connectivity index (χ3n) is 1.80. The maximum atomic E-state index is 5.96. The van der Waals surface area contributed by atoms with E-state index < -0.39 is 0 Å². The highest BCUT2D eigenvalue weighted by Gasteiger charge is 2.04. The van der Waals surface area contributed by atoms with Crippen LogP contribution in [0.15, 0.2) is 18.2 Å². The van der Waals surface area contributed by atoms with Crippen molar-refractivity contribution in [2.75, 3.05) is 20.2 Å². The highest BCUT2D eigenvalue weighted by molar-refractivity contribution is 6.35. The monoisotopic (exact) mass is 233 g/mol. The first-order valence-electron chi connectivity index (χ1n) is 4.41. The minimum atomic E-state index is 0.459. The minimum Gasteiger partial charge on any atom is -0.375 e. The topological polar surface area (TPSA) is 21.3 Å². The van der Waals surface area contributed by atoms with Crippen molar-refractivity contribution >= 4 is 23.2 Å². The predicted octanol–water partition coefficient (Wildman–Crippen LogP) is 2.73. The van der Waals surface area contributed by atoms with Gasteiger partial charge in [0.25, 0.3) is 0 Å². The summed E-state index contributed by atoms with van der Waals surface area (Å²) in [6.45, 7) is 1.93. The van der Waals surface area contributed by atoms with Gasteiger partial charge < -0.3 is 10.1 Å². The van der Waals surface area contributed by atoms with Crippen molar-refractivity contribution in [1.82, 2.24) is 5.32 Å². The van der Waals surface area contributed by atoms with Crippen molar-refractivity contribution < 1.29 is 4.74 Å². The number of nitrogens with one attached hydrogen (secondary N) is 1. The summed E-state index contributed by atoms with van der Waals surface area (Å²) >= 11 is 11.9. The van der Waals surface area contributed by atoms with E-state index >= 15 is 0 Å². The number of hydrogen-bond acceptors (Lipinski definition) is 2. The van der Waals surface area contributed by atoms with E-state index in [2.05, 4.69) is 5.32 Å². The molecule has 0 saturated carbocycles. The predicted molar refractivity (Wildman–Crippen MR) is 60.0 cm³/mol. The molecule has 0 saturated heterocycles. The Morgan fingerprint density at radius 1 is 1.29 bits per heavy atom. The Morgan fingerprint density at radius 2 is 1.93 bits per heavy atom. The van der Waals surface area contributed by atoms with Crippen LogP contribution in [0.3, 0.4) is 0 Å². The summed E-state index contributed by atoms with van der Waals surface area (Å²) in [6.07, 6.45) is 0. The molecular weight excluding hydrogens is 221 g/mol. The maximum absolute atomic E-state index is 5.96. The molecule has 78 valence electrons. The molecule has 0 radical (unpaired) electrons. The molecule has 4 heteroatoms. The Labute approximate surface area is 94.2 Å². The van der Waals surface area contributed by atoms with E-state index in [0.717, 1.165) is 12.1 Å². The molecule has 0 unspecified atom stereocenters. The van der Waals surface area contributed by atoms with E-state index in [1.165, 1.54) is 0 Å². The third kappa shape index (κ3) is 3.46. The van der Waals surface area contributed by atoms with Gasteiger partial charge in [-0.25, -0.2) is 0 Å². The maximum Gasteiger partial charge on any atom is 0.0746 e. The molecule has 2 nitrogen and oxygen atoms in total. The van der Waals surface area contributed by atoms with Crippen molar-refractivity contribution in [3.8, 4) is 0 Å². The van der Waals surface area contributed by atoms with Crippen LogP contribution in [0, 0.1) is 0 Å². The number of ether oxygens (including phenoxy) is 1. The van der Waals surface area contributed by atoms with E-state index in [-0.39, 0.29) is 0 Å². The summed E-state index contributed by atoms with van der Waals surface area (Å²) in [7, 11) is 1.88. The van der Waals surface area contributed by atoms with Crippen LogP contribution in [0.1, 0.15) is 5.56 Å². The van der Waals surface area contributed by atoms with Crippen molar-refractivity contribution in [1.29, 1.82) is 0 Å². The van der Waals surface area contributed by atoms with Crippen molar-refractivity contribution in [3.63, 3.8) is 0 Å². The van der Waals surface area contributed by atoms with Crippen LogP contribution in [0.4, 0.5) is 0 Å². The van der Waals surface area contributed by atoms with Gasteiger partial charge >= 0.3 is 0 Å². The fourth-order valence-corrected chi connectivity index (χ4v) is 1.53. The van der Waals surface area contributed by atoms with Gasteiger partial charge in [-0.2, -0.15) is 0 Å². The van der Waals surface area contributed by atoms with Crippen LogP contribution in [-0.2, 0) is 11.3 Å². The number of likely N-dealkylation sites (N-methyl/N-ethyl adjacent to an activating group) is 1. The van der Waals surface area contributed by atoms with Gasteiger partial charge in [0.05, 0.1) is 13.2 Å². The first-order chi connectivity index (χ1) is 6.75. The van der Waals surface area contributed by atoms with Gasteiger partial charge in [0, 0.05) is 22.2 Å². The van der Waals surface area contributed by atoms with E-state index in [4.69, 9.17) is 27.9 Å². The molecular formula is C10H13Cl2NO. The summed E-state index contributed by atoms with van der Waals surface area (Å²) in [5.41, 5.74) is 0.854. The average Bonchev–Trinajstić information content (AvgIpc) is 2.16. The molecule has 0 aliphatic rings. The Balaban J connectivity index is 2.49. The Bertz CT molecular complexity index is 271.